The highest BCUT2D eigenvalue weighted by Crippen LogP contribution is 2.43. The minimum absolute atomic E-state index is 0.264. The molecule has 0 bridgehead atoms. The van der Waals surface area contributed by atoms with Crippen molar-refractivity contribution in [3.05, 3.63) is 143 Å². The number of aromatic nitrogens is 5. The zero-order valence-electron chi connectivity index (χ0n) is 27.7. The summed E-state index contributed by atoms with van der Waals surface area (Å²) in [5, 5.41) is 4.23. The zero-order valence-corrected chi connectivity index (χ0v) is 27.7. The average molecular weight is 650 g/mol. The number of ether oxygens (including phenoxy) is 1. The van der Waals surface area contributed by atoms with E-state index in [1.165, 1.54) is 6.33 Å². The van der Waals surface area contributed by atoms with Gasteiger partial charge in [-0.05, 0) is 77.7 Å². The van der Waals surface area contributed by atoms with Gasteiger partial charge in [0.2, 0.25) is 0 Å². The molecule has 0 saturated carbocycles. The Balaban J connectivity index is 1.42. The van der Waals surface area contributed by atoms with Crippen molar-refractivity contribution in [1.29, 1.82) is 0 Å². The number of benzene rings is 5. The second-order valence-corrected chi connectivity index (χ2v) is 12.8. The average Bonchev–Trinajstić information content (AvgIpc) is 3.52. The van der Waals surface area contributed by atoms with Crippen molar-refractivity contribution in [2.75, 3.05) is 7.11 Å². The van der Waals surface area contributed by atoms with Crippen molar-refractivity contribution in [2.24, 2.45) is 0 Å². The lowest BCUT2D eigenvalue weighted by Gasteiger charge is -2.15. The third-order valence-corrected chi connectivity index (χ3v) is 9.50. The highest BCUT2D eigenvalue weighted by molar-refractivity contribution is 6.17. The van der Waals surface area contributed by atoms with E-state index in [-0.39, 0.29) is 5.56 Å². The van der Waals surface area contributed by atoms with Gasteiger partial charge in [0, 0.05) is 22.0 Å². The molecule has 5 aromatic carbocycles. The number of methoxy groups -OCH3 is 1. The first-order chi connectivity index (χ1) is 24.4. The summed E-state index contributed by atoms with van der Waals surface area (Å²) in [6, 6.07) is 39.3. The fraction of sp³-hybridized carbons (Fsp3) is 0.0698. The predicted octanol–water partition coefficient (Wildman–Crippen LogP) is 9.79. The lowest BCUT2D eigenvalue weighted by Crippen LogP contribution is -2.10. The number of rotatable bonds is 5. The van der Waals surface area contributed by atoms with Crippen molar-refractivity contribution < 1.29 is 4.74 Å². The summed E-state index contributed by atoms with van der Waals surface area (Å²) in [6.07, 6.45) is 1.47. The van der Waals surface area contributed by atoms with Gasteiger partial charge in [-0.25, -0.2) is 15.0 Å². The minimum Gasteiger partial charge on any atom is -0.497 e. The molecule has 0 atom stereocenters. The fourth-order valence-electron chi connectivity index (χ4n) is 6.99. The van der Waals surface area contributed by atoms with Gasteiger partial charge < -0.3 is 14.7 Å². The van der Waals surface area contributed by atoms with Gasteiger partial charge in [-0.15, -0.1) is 0 Å². The predicted molar refractivity (Wildman–Crippen MR) is 203 cm³/mol. The lowest BCUT2D eigenvalue weighted by atomic mass is 9.94. The Morgan fingerprint density at radius 1 is 0.680 bits per heavy atom. The molecule has 4 aromatic heterocycles. The number of nitrogens with zero attached hydrogens (tertiary/aromatic N) is 3. The Bertz CT molecular complexity index is 2840. The third kappa shape index (κ3) is 4.82. The van der Waals surface area contributed by atoms with Gasteiger partial charge in [-0.2, -0.15) is 0 Å². The SMILES string of the molecule is COc1ccc2cc(-c3cc(-c4ccc(C)cc4)nc4nc(-c5c(-c6ccccc6)[nH]c6ccc(C)cc56)c5c(=O)[nH]cnc5c34)ccc2c1. The zero-order chi connectivity index (χ0) is 33.9. The maximum absolute atomic E-state index is 14.0. The van der Waals surface area contributed by atoms with Gasteiger partial charge in [-0.3, -0.25) is 4.79 Å². The van der Waals surface area contributed by atoms with Gasteiger partial charge in [0.25, 0.3) is 5.56 Å². The number of pyridine rings is 2. The summed E-state index contributed by atoms with van der Waals surface area (Å²) < 4.78 is 5.48. The fourth-order valence-corrected chi connectivity index (χ4v) is 6.99. The Labute approximate surface area is 287 Å². The van der Waals surface area contributed by atoms with E-state index >= 15 is 0 Å². The number of fused-ring (bicyclic) bond motifs is 5. The first-order valence-electron chi connectivity index (χ1n) is 16.5. The summed E-state index contributed by atoms with van der Waals surface area (Å²) in [5.41, 5.74) is 10.9. The molecule has 0 aliphatic heterocycles. The molecule has 0 fully saturated rings. The van der Waals surface area contributed by atoms with Crippen molar-refractivity contribution in [3.8, 4) is 50.6 Å². The standard InChI is InChI=1S/C43H31N5O2/c1-24-9-12-26(13-10-24)35-22-32(30-15-14-29-21-31(50-3)17-16-28(29)20-30)37-40-38(43(49)45-23-44-40)41(48-42(37)47-35)36-33-19-25(2)11-18-34(33)46-39(36)27-7-5-4-6-8-27/h4-23,46H,1-3H3,(H,44,45,49). The molecule has 9 rings (SSSR count). The number of aromatic amines is 2. The van der Waals surface area contributed by atoms with E-state index in [4.69, 9.17) is 19.7 Å². The Kier molecular flexibility index (Phi) is 6.81. The van der Waals surface area contributed by atoms with Crippen LogP contribution in [0.5, 0.6) is 5.75 Å². The summed E-state index contributed by atoms with van der Waals surface area (Å²) in [6.45, 7) is 4.14. The van der Waals surface area contributed by atoms with Crippen molar-refractivity contribution in [2.45, 2.75) is 13.8 Å². The van der Waals surface area contributed by atoms with Gasteiger partial charge in [-0.1, -0.05) is 90.0 Å². The van der Waals surface area contributed by atoms with E-state index in [0.717, 1.165) is 83.1 Å². The summed E-state index contributed by atoms with van der Waals surface area (Å²) in [4.78, 5) is 35.9. The number of H-pyrrole nitrogens is 2. The summed E-state index contributed by atoms with van der Waals surface area (Å²) in [7, 11) is 1.67. The van der Waals surface area contributed by atoms with Crippen molar-refractivity contribution in [3.63, 3.8) is 0 Å². The molecular formula is C43H31N5O2. The van der Waals surface area contributed by atoms with Crippen LogP contribution in [0.15, 0.2) is 126 Å². The van der Waals surface area contributed by atoms with E-state index in [0.29, 0.717) is 22.2 Å². The number of hydrogen-bond donors (Lipinski definition) is 2. The first kappa shape index (κ1) is 29.5. The van der Waals surface area contributed by atoms with Gasteiger partial charge in [0.1, 0.15) is 5.75 Å². The molecule has 4 heterocycles. The molecule has 0 spiro atoms. The molecule has 0 unspecified atom stereocenters. The smallest absolute Gasteiger partial charge is 0.260 e. The van der Waals surface area contributed by atoms with Crippen LogP contribution in [-0.4, -0.2) is 32.0 Å². The van der Waals surface area contributed by atoms with E-state index < -0.39 is 0 Å². The minimum atomic E-state index is -0.264. The van der Waals surface area contributed by atoms with Crippen LogP contribution in [0.25, 0.3) is 88.5 Å². The normalized spacial score (nSPS) is 11.6. The highest BCUT2D eigenvalue weighted by Gasteiger charge is 2.25. The lowest BCUT2D eigenvalue weighted by molar-refractivity contribution is 0.415. The van der Waals surface area contributed by atoms with E-state index in [2.05, 4.69) is 109 Å². The molecule has 50 heavy (non-hydrogen) atoms. The van der Waals surface area contributed by atoms with Crippen molar-refractivity contribution in [1.82, 2.24) is 24.9 Å². The Hall–Kier alpha value is -6.60. The van der Waals surface area contributed by atoms with Gasteiger partial charge in [0.15, 0.2) is 5.65 Å². The molecule has 240 valence electrons. The van der Waals surface area contributed by atoms with Crippen LogP contribution in [0.1, 0.15) is 11.1 Å². The van der Waals surface area contributed by atoms with Gasteiger partial charge in [0.05, 0.1) is 46.8 Å². The summed E-state index contributed by atoms with van der Waals surface area (Å²) >= 11 is 0. The molecule has 7 nitrogen and oxygen atoms in total. The third-order valence-electron chi connectivity index (χ3n) is 9.50. The van der Waals surface area contributed by atoms with Gasteiger partial charge >= 0.3 is 0 Å². The Morgan fingerprint density at radius 3 is 2.26 bits per heavy atom. The molecule has 2 N–H and O–H groups in total. The van der Waals surface area contributed by atoms with E-state index in [9.17, 15) is 4.79 Å². The van der Waals surface area contributed by atoms with Crippen LogP contribution in [0.2, 0.25) is 0 Å². The second-order valence-electron chi connectivity index (χ2n) is 12.8. The van der Waals surface area contributed by atoms with Crippen molar-refractivity contribution >= 4 is 43.6 Å². The maximum Gasteiger partial charge on any atom is 0.260 e. The molecule has 9 aromatic rings. The molecule has 0 radical (unpaired) electrons. The molecule has 0 amide bonds. The molecule has 0 aliphatic carbocycles. The number of hydrogen-bond acceptors (Lipinski definition) is 5. The van der Waals surface area contributed by atoms with Crippen LogP contribution >= 0.6 is 0 Å². The number of aryl methyl sites for hydroxylation is 2. The monoisotopic (exact) mass is 649 g/mol. The topological polar surface area (TPSA) is 96.5 Å². The highest BCUT2D eigenvalue weighted by atomic mass is 16.5. The largest absolute Gasteiger partial charge is 0.497 e. The quantitative estimate of drug-likeness (QED) is 0.181. The van der Waals surface area contributed by atoms with Crippen LogP contribution in [0, 0.1) is 13.8 Å². The van der Waals surface area contributed by atoms with Crippen LogP contribution in [0.3, 0.4) is 0 Å². The summed E-state index contributed by atoms with van der Waals surface area (Å²) in [5.74, 6) is 0.801. The second kappa shape index (κ2) is 11.5. The molecular weight excluding hydrogens is 619 g/mol. The first-order valence-corrected chi connectivity index (χ1v) is 16.5. The molecule has 0 aliphatic rings. The van der Waals surface area contributed by atoms with Crippen LogP contribution < -0.4 is 10.3 Å². The maximum atomic E-state index is 14.0. The molecule has 7 heteroatoms. The molecule has 0 saturated heterocycles. The van der Waals surface area contributed by atoms with Crippen LogP contribution in [-0.2, 0) is 0 Å². The van der Waals surface area contributed by atoms with E-state index in [1.54, 1.807) is 7.11 Å². The number of nitrogens with one attached hydrogen (secondary N) is 2. The van der Waals surface area contributed by atoms with Crippen LogP contribution in [0.4, 0.5) is 0 Å². The Morgan fingerprint density at radius 2 is 1.44 bits per heavy atom. The van der Waals surface area contributed by atoms with E-state index in [1.807, 2.05) is 30.3 Å².